The number of anilines is 1. The van der Waals surface area contributed by atoms with Crippen molar-refractivity contribution in [1.82, 2.24) is 0 Å². The fraction of sp³-hybridized carbons (Fsp3) is 0.333. The molecule has 1 aromatic carbocycles. The van der Waals surface area contributed by atoms with Crippen molar-refractivity contribution in [2.75, 3.05) is 12.8 Å². The van der Waals surface area contributed by atoms with Gasteiger partial charge >= 0.3 is 0 Å². The minimum atomic E-state index is 0.700. The molecule has 0 unspecified atom stereocenters. The summed E-state index contributed by atoms with van der Waals surface area (Å²) in [5, 5.41) is 0. The molecule has 0 atom stereocenters. The molecule has 0 spiro atoms. The molecule has 2 N–H and O–H groups in total. The van der Waals surface area contributed by atoms with E-state index in [0.29, 0.717) is 5.69 Å². The molecule has 0 saturated heterocycles. The van der Waals surface area contributed by atoms with Crippen LogP contribution in [0.15, 0.2) is 22.7 Å². The summed E-state index contributed by atoms with van der Waals surface area (Å²) >= 11 is 3.29. The number of halogens is 1. The van der Waals surface area contributed by atoms with Gasteiger partial charge in [0.15, 0.2) is 0 Å². The van der Waals surface area contributed by atoms with Crippen LogP contribution in [0.25, 0.3) is 0 Å². The number of nitrogen functional groups attached to an aromatic ring is 1. The van der Waals surface area contributed by atoms with Crippen LogP contribution in [0.4, 0.5) is 5.69 Å². The van der Waals surface area contributed by atoms with Gasteiger partial charge in [-0.3, -0.25) is 0 Å². The molecular formula is C9H14BrNO. The second-order valence-electron chi connectivity index (χ2n) is 1.92. The summed E-state index contributed by atoms with van der Waals surface area (Å²) in [7, 11) is 1.61. The highest BCUT2D eigenvalue weighted by molar-refractivity contribution is 9.10. The predicted molar refractivity (Wildman–Crippen MR) is 56.5 cm³/mol. The van der Waals surface area contributed by atoms with Crippen LogP contribution < -0.4 is 10.5 Å². The molecule has 1 rings (SSSR count). The van der Waals surface area contributed by atoms with Gasteiger partial charge in [0.05, 0.1) is 7.11 Å². The van der Waals surface area contributed by atoms with Crippen molar-refractivity contribution in [1.29, 1.82) is 0 Å². The van der Waals surface area contributed by atoms with Crippen molar-refractivity contribution in [2.45, 2.75) is 13.8 Å². The molecule has 1 aromatic rings. The average molecular weight is 232 g/mol. The lowest BCUT2D eigenvalue weighted by molar-refractivity contribution is 0.415. The van der Waals surface area contributed by atoms with Crippen LogP contribution in [0, 0.1) is 0 Å². The zero-order chi connectivity index (χ0) is 9.56. The maximum absolute atomic E-state index is 5.52. The van der Waals surface area contributed by atoms with Crippen LogP contribution in [0.3, 0.4) is 0 Å². The Morgan fingerprint density at radius 3 is 2.25 bits per heavy atom. The maximum Gasteiger partial charge on any atom is 0.122 e. The number of nitrogens with two attached hydrogens (primary N) is 1. The van der Waals surface area contributed by atoms with E-state index in [9.17, 15) is 0 Å². The third-order valence-corrected chi connectivity index (χ3v) is 1.59. The lowest BCUT2D eigenvalue weighted by atomic mass is 10.3. The van der Waals surface area contributed by atoms with Gasteiger partial charge in [0, 0.05) is 16.2 Å². The first kappa shape index (κ1) is 11.3. The number of hydrogen-bond donors (Lipinski definition) is 1. The van der Waals surface area contributed by atoms with Crippen molar-refractivity contribution in [3.05, 3.63) is 22.7 Å². The van der Waals surface area contributed by atoms with E-state index in [1.165, 1.54) is 0 Å². The van der Waals surface area contributed by atoms with E-state index in [-0.39, 0.29) is 0 Å². The maximum atomic E-state index is 5.52. The molecule has 0 aliphatic rings. The van der Waals surface area contributed by atoms with Gasteiger partial charge in [-0.1, -0.05) is 29.8 Å². The molecule has 0 amide bonds. The Hall–Kier alpha value is -0.700. The average Bonchev–Trinajstić information content (AvgIpc) is 2.06. The highest BCUT2D eigenvalue weighted by atomic mass is 79.9. The number of methoxy groups -OCH3 is 1. The van der Waals surface area contributed by atoms with E-state index in [2.05, 4.69) is 15.9 Å². The Morgan fingerprint density at radius 2 is 1.83 bits per heavy atom. The van der Waals surface area contributed by atoms with Crippen molar-refractivity contribution in [3.63, 3.8) is 0 Å². The SMILES string of the molecule is CC.COc1cc(N)cc(Br)c1. The highest BCUT2D eigenvalue weighted by Gasteiger charge is 1.94. The summed E-state index contributed by atoms with van der Waals surface area (Å²) in [6.45, 7) is 4.00. The Balaban J connectivity index is 0.000000561. The molecule has 3 heteroatoms. The van der Waals surface area contributed by atoms with E-state index in [4.69, 9.17) is 10.5 Å². The zero-order valence-corrected chi connectivity index (χ0v) is 9.18. The first-order valence-electron chi connectivity index (χ1n) is 3.82. The van der Waals surface area contributed by atoms with E-state index in [0.717, 1.165) is 10.2 Å². The summed E-state index contributed by atoms with van der Waals surface area (Å²) in [6, 6.07) is 5.45. The van der Waals surface area contributed by atoms with Crippen molar-refractivity contribution in [3.8, 4) is 5.75 Å². The van der Waals surface area contributed by atoms with Crippen LogP contribution in [0.5, 0.6) is 5.75 Å². The molecule has 0 aromatic heterocycles. The number of ether oxygens (including phenoxy) is 1. The van der Waals surface area contributed by atoms with Gasteiger partial charge < -0.3 is 10.5 Å². The van der Waals surface area contributed by atoms with Gasteiger partial charge in [-0.15, -0.1) is 0 Å². The van der Waals surface area contributed by atoms with Gasteiger partial charge in [0.1, 0.15) is 5.75 Å². The minimum absolute atomic E-state index is 0.700. The first-order valence-corrected chi connectivity index (χ1v) is 4.62. The normalized spacial score (nSPS) is 8.33. The topological polar surface area (TPSA) is 35.2 Å². The summed E-state index contributed by atoms with van der Waals surface area (Å²) in [6.07, 6.45) is 0. The second-order valence-corrected chi connectivity index (χ2v) is 2.84. The first-order chi connectivity index (χ1) is 5.72. The second kappa shape index (κ2) is 5.89. The molecular weight excluding hydrogens is 218 g/mol. The van der Waals surface area contributed by atoms with Crippen molar-refractivity contribution >= 4 is 21.6 Å². The fourth-order valence-corrected chi connectivity index (χ4v) is 1.19. The van der Waals surface area contributed by atoms with Gasteiger partial charge in [0.25, 0.3) is 0 Å². The Labute approximate surface area is 81.9 Å². The molecule has 0 heterocycles. The summed E-state index contributed by atoms with van der Waals surface area (Å²) in [5.41, 5.74) is 6.23. The third kappa shape index (κ3) is 3.62. The van der Waals surface area contributed by atoms with E-state index in [1.807, 2.05) is 26.0 Å². The fourth-order valence-electron chi connectivity index (χ4n) is 0.702. The van der Waals surface area contributed by atoms with Crippen LogP contribution in [0.1, 0.15) is 13.8 Å². The third-order valence-electron chi connectivity index (χ3n) is 1.13. The minimum Gasteiger partial charge on any atom is -0.497 e. The van der Waals surface area contributed by atoms with Crippen LogP contribution in [-0.2, 0) is 0 Å². The number of benzene rings is 1. The summed E-state index contributed by atoms with van der Waals surface area (Å²) < 4.78 is 5.90. The highest BCUT2D eigenvalue weighted by Crippen LogP contribution is 2.21. The molecule has 0 aliphatic heterocycles. The monoisotopic (exact) mass is 231 g/mol. The predicted octanol–water partition coefficient (Wildman–Crippen LogP) is 3.07. The zero-order valence-electron chi connectivity index (χ0n) is 7.60. The molecule has 0 saturated carbocycles. The molecule has 0 radical (unpaired) electrons. The van der Waals surface area contributed by atoms with Gasteiger partial charge in [-0.05, 0) is 12.1 Å². The van der Waals surface area contributed by atoms with Crippen molar-refractivity contribution in [2.24, 2.45) is 0 Å². The van der Waals surface area contributed by atoms with Crippen LogP contribution >= 0.6 is 15.9 Å². The molecule has 2 nitrogen and oxygen atoms in total. The Kier molecular flexibility index (Phi) is 5.54. The molecule has 0 fully saturated rings. The van der Waals surface area contributed by atoms with Crippen molar-refractivity contribution < 1.29 is 4.74 Å². The molecule has 12 heavy (non-hydrogen) atoms. The van der Waals surface area contributed by atoms with Crippen LogP contribution in [0.2, 0.25) is 0 Å². The van der Waals surface area contributed by atoms with Gasteiger partial charge in [-0.2, -0.15) is 0 Å². The molecule has 0 bridgehead atoms. The van der Waals surface area contributed by atoms with Crippen LogP contribution in [-0.4, -0.2) is 7.11 Å². The standard InChI is InChI=1S/C7H8BrNO.C2H6/c1-10-7-3-5(8)2-6(9)4-7;1-2/h2-4H,9H2,1H3;1-2H3. The molecule has 68 valence electrons. The lowest BCUT2D eigenvalue weighted by Crippen LogP contribution is -1.87. The Morgan fingerprint density at radius 1 is 1.25 bits per heavy atom. The Bertz CT molecular complexity index is 218. The smallest absolute Gasteiger partial charge is 0.122 e. The van der Waals surface area contributed by atoms with E-state index >= 15 is 0 Å². The number of rotatable bonds is 1. The number of hydrogen-bond acceptors (Lipinski definition) is 2. The lowest BCUT2D eigenvalue weighted by Gasteiger charge is -2.00. The largest absolute Gasteiger partial charge is 0.497 e. The quantitative estimate of drug-likeness (QED) is 0.755. The van der Waals surface area contributed by atoms with E-state index < -0.39 is 0 Å². The van der Waals surface area contributed by atoms with Gasteiger partial charge in [0.2, 0.25) is 0 Å². The van der Waals surface area contributed by atoms with Gasteiger partial charge in [-0.25, -0.2) is 0 Å². The summed E-state index contributed by atoms with van der Waals surface area (Å²) in [4.78, 5) is 0. The summed E-state index contributed by atoms with van der Waals surface area (Å²) in [5.74, 6) is 0.770. The molecule has 0 aliphatic carbocycles. The van der Waals surface area contributed by atoms with E-state index in [1.54, 1.807) is 13.2 Å².